The van der Waals surface area contributed by atoms with Gasteiger partial charge in [0.15, 0.2) is 0 Å². The maximum absolute atomic E-state index is 3.74. The topological polar surface area (TPSA) is 15.3 Å². The molecule has 1 rings (SSSR count). The summed E-state index contributed by atoms with van der Waals surface area (Å²) in [5.74, 6) is 0.915. The highest BCUT2D eigenvalue weighted by Crippen LogP contribution is 2.25. The Labute approximate surface area is 185 Å². The van der Waals surface area contributed by atoms with E-state index in [2.05, 4.69) is 31.0 Å². The first-order valence-corrected chi connectivity index (χ1v) is 13.8. The minimum atomic E-state index is 0.882. The normalized spacial score (nSPS) is 15.3. The monoisotopic (exact) mass is 408 g/mol. The molecule has 1 fully saturated rings. The molecule has 1 N–H and O–H groups in total. The van der Waals surface area contributed by atoms with Crippen LogP contribution in [0.4, 0.5) is 0 Å². The number of rotatable bonds is 22. The van der Waals surface area contributed by atoms with Crippen molar-refractivity contribution in [1.82, 2.24) is 10.2 Å². The number of nitrogens with one attached hydrogen (secondary N) is 1. The van der Waals surface area contributed by atoms with Crippen molar-refractivity contribution < 1.29 is 0 Å². The zero-order valence-corrected chi connectivity index (χ0v) is 20.7. The largest absolute Gasteiger partial charge is 0.316 e. The van der Waals surface area contributed by atoms with Crippen LogP contribution >= 0.6 is 0 Å². The van der Waals surface area contributed by atoms with Crippen LogP contribution in [-0.2, 0) is 0 Å². The summed E-state index contributed by atoms with van der Waals surface area (Å²) in [5, 5.41) is 3.74. The molecule has 0 spiro atoms. The van der Waals surface area contributed by atoms with Crippen LogP contribution in [0.3, 0.4) is 0 Å². The van der Waals surface area contributed by atoms with Gasteiger partial charge >= 0.3 is 0 Å². The number of hydrogen-bond acceptors (Lipinski definition) is 2. The van der Waals surface area contributed by atoms with Gasteiger partial charge in [0.25, 0.3) is 0 Å². The zero-order valence-electron chi connectivity index (χ0n) is 20.7. The zero-order chi connectivity index (χ0) is 21.0. The SMILES string of the molecule is CCCCCCCCNCC1CN(C(CCCCCCC)CCCCCCC)C1. The molecule has 0 unspecified atom stereocenters. The second-order valence-corrected chi connectivity index (χ2v) is 9.85. The molecule has 0 aromatic carbocycles. The average Bonchev–Trinajstić information content (AvgIpc) is 2.70. The molecule has 1 aliphatic rings. The van der Waals surface area contributed by atoms with Crippen molar-refractivity contribution in [2.75, 3.05) is 26.2 Å². The maximum atomic E-state index is 3.74. The van der Waals surface area contributed by atoms with Gasteiger partial charge in [-0.05, 0) is 31.7 Å². The Hall–Kier alpha value is -0.0800. The lowest BCUT2D eigenvalue weighted by Gasteiger charge is -2.45. The van der Waals surface area contributed by atoms with Gasteiger partial charge in [-0.2, -0.15) is 0 Å². The minimum absolute atomic E-state index is 0.882. The Bertz CT molecular complexity index is 310. The van der Waals surface area contributed by atoms with Crippen molar-refractivity contribution in [3.8, 4) is 0 Å². The summed E-state index contributed by atoms with van der Waals surface area (Å²) in [7, 11) is 0. The van der Waals surface area contributed by atoms with E-state index in [9.17, 15) is 0 Å². The molecule has 2 heteroatoms. The summed E-state index contributed by atoms with van der Waals surface area (Å²) in [5.41, 5.74) is 0. The Morgan fingerprint density at radius 1 is 0.621 bits per heavy atom. The number of likely N-dealkylation sites (tertiary alicyclic amines) is 1. The third kappa shape index (κ3) is 14.5. The fraction of sp³-hybridized carbons (Fsp3) is 1.00. The molecule has 1 saturated heterocycles. The molecule has 2 nitrogen and oxygen atoms in total. The van der Waals surface area contributed by atoms with E-state index >= 15 is 0 Å². The molecule has 0 atom stereocenters. The Kier molecular flexibility index (Phi) is 18.5. The summed E-state index contributed by atoms with van der Waals surface area (Å²) in [6.45, 7) is 12.1. The van der Waals surface area contributed by atoms with Gasteiger partial charge in [-0.15, -0.1) is 0 Å². The molecule has 0 aromatic rings. The molecule has 1 aliphatic heterocycles. The summed E-state index contributed by atoms with van der Waals surface area (Å²) in [6, 6.07) is 0.882. The number of hydrogen-bond donors (Lipinski definition) is 1. The lowest BCUT2D eigenvalue weighted by molar-refractivity contribution is 0.0421. The second-order valence-electron chi connectivity index (χ2n) is 9.85. The van der Waals surface area contributed by atoms with Crippen molar-refractivity contribution in [2.45, 2.75) is 142 Å². The summed E-state index contributed by atoms with van der Waals surface area (Å²) < 4.78 is 0. The summed E-state index contributed by atoms with van der Waals surface area (Å²) >= 11 is 0. The first-order chi connectivity index (χ1) is 14.3. The summed E-state index contributed by atoms with van der Waals surface area (Å²) in [4.78, 5) is 2.83. The Balaban J connectivity index is 2.11. The highest BCUT2D eigenvalue weighted by Gasteiger charge is 2.31. The molecule has 1 heterocycles. The van der Waals surface area contributed by atoms with Crippen LogP contribution in [0.5, 0.6) is 0 Å². The molecule has 29 heavy (non-hydrogen) atoms. The third-order valence-electron chi connectivity index (χ3n) is 6.92. The molecular formula is C27H56N2. The predicted molar refractivity (Wildman–Crippen MR) is 132 cm³/mol. The number of nitrogens with zero attached hydrogens (tertiary/aromatic N) is 1. The van der Waals surface area contributed by atoms with E-state index in [1.54, 1.807) is 0 Å². The van der Waals surface area contributed by atoms with E-state index in [-0.39, 0.29) is 0 Å². The van der Waals surface area contributed by atoms with Gasteiger partial charge in [-0.3, -0.25) is 4.90 Å². The van der Waals surface area contributed by atoms with Crippen LogP contribution in [-0.4, -0.2) is 37.1 Å². The highest BCUT2D eigenvalue weighted by atomic mass is 15.2. The van der Waals surface area contributed by atoms with Gasteiger partial charge in [-0.1, -0.05) is 117 Å². The van der Waals surface area contributed by atoms with Crippen LogP contribution in [0.25, 0.3) is 0 Å². The molecular weight excluding hydrogens is 352 g/mol. The fourth-order valence-corrected chi connectivity index (χ4v) is 4.85. The van der Waals surface area contributed by atoms with Crippen LogP contribution in [0, 0.1) is 5.92 Å². The second kappa shape index (κ2) is 19.9. The van der Waals surface area contributed by atoms with E-state index < -0.39 is 0 Å². The molecule has 0 saturated carbocycles. The van der Waals surface area contributed by atoms with E-state index in [4.69, 9.17) is 0 Å². The molecule has 0 amide bonds. The van der Waals surface area contributed by atoms with E-state index in [0.717, 1.165) is 12.0 Å². The smallest absolute Gasteiger partial charge is 0.00955 e. The van der Waals surface area contributed by atoms with Crippen molar-refractivity contribution >= 4 is 0 Å². The third-order valence-corrected chi connectivity index (χ3v) is 6.92. The van der Waals surface area contributed by atoms with Crippen LogP contribution in [0.2, 0.25) is 0 Å². The van der Waals surface area contributed by atoms with Gasteiger partial charge < -0.3 is 5.32 Å². The molecule has 0 aromatic heterocycles. The predicted octanol–water partition coefficient (Wildman–Crippen LogP) is 7.96. The Morgan fingerprint density at radius 2 is 1.07 bits per heavy atom. The van der Waals surface area contributed by atoms with Gasteiger partial charge in [0.1, 0.15) is 0 Å². The average molecular weight is 409 g/mol. The van der Waals surface area contributed by atoms with Crippen LogP contribution in [0.1, 0.15) is 136 Å². The number of unbranched alkanes of at least 4 members (excludes halogenated alkanes) is 13. The van der Waals surface area contributed by atoms with Crippen molar-refractivity contribution in [3.05, 3.63) is 0 Å². The standard InChI is InChI=1S/C27H56N2/c1-4-7-10-13-16-19-22-28-23-26-24-29(25-26)27(20-17-14-11-8-5-2)21-18-15-12-9-6-3/h26-28H,4-25H2,1-3H3. The fourth-order valence-electron chi connectivity index (χ4n) is 4.85. The van der Waals surface area contributed by atoms with Crippen LogP contribution in [0.15, 0.2) is 0 Å². The van der Waals surface area contributed by atoms with E-state index in [1.165, 1.54) is 142 Å². The lowest BCUT2D eigenvalue weighted by atomic mass is 9.92. The molecule has 174 valence electrons. The molecule has 0 aliphatic carbocycles. The summed E-state index contributed by atoms with van der Waals surface area (Å²) in [6.07, 6.45) is 25.6. The van der Waals surface area contributed by atoms with E-state index in [0.29, 0.717) is 0 Å². The van der Waals surface area contributed by atoms with Crippen molar-refractivity contribution in [2.24, 2.45) is 5.92 Å². The van der Waals surface area contributed by atoms with Gasteiger partial charge in [-0.25, -0.2) is 0 Å². The highest BCUT2D eigenvalue weighted by molar-refractivity contribution is 4.86. The van der Waals surface area contributed by atoms with Gasteiger partial charge in [0, 0.05) is 25.7 Å². The van der Waals surface area contributed by atoms with Crippen molar-refractivity contribution in [3.63, 3.8) is 0 Å². The maximum Gasteiger partial charge on any atom is 0.00955 e. The van der Waals surface area contributed by atoms with Crippen LogP contribution < -0.4 is 5.32 Å². The quantitative estimate of drug-likeness (QED) is 0.183. The lowest BCUT2D eigenvalue weighted by Crippen LogP contribution is -2.55. The molecule has 0 radical (unpaired) electrons. The molecule has 0 bridgehead atoms. The first kappa shape index (κ1) is 27.0. The first-order valence-electron chi connectivity index (χ1n) is 13.8. The minimum Gasteiger partial charge on any atom is -0.316 e. The van der Waals surface area contributed by atoms with Gasteiger partial charge in [0.2, 0.25) is 0 Å². The van der Waals surface area contributed by atoms with E-state index in [1.807, 2.05) is 0 Å². The van der Waals surface area contributed by atoms with Crippen molar-refractivity contribution in [1.29, 1.82) is 0 Å². The van der Waals surface area contributed by atoms with Gasteiger partial charge in [0.05, 0.1) is 0 Å². The Morgan fingerprint density at radius 3 is 1.59 bits per heavy atom.